The number of carbonyl (C=O) groups is 1. The molecular formula is C20H24Cl2FN3O. The quantitative estimate of drug-likeness (QED) is 0.763. The predicted molar refractivity (Wildman–Crippen MR) is 111 cm³/mol. The minimum absolute atomic E-state index is 0. The molecule has 27 heavy (non-hydrogen) atoms. The van der Waals surface area contributed by atoms with Gasteiger partial charge in [-0.3, -0.25) is 4.79 Å². The molecule has 4 nitrogen and oxygen atoms in total. The van der Waals surface area contributed by atoms with Crippen LogP contribution in [0.15, 0.2) is 36.4 Å². The van der Waals surface area contributed by atoms with Gasteiger partial charge in [0.2, 0.25) is 5.91 Å². The Hall–Kier alpha value is -1.98. The SMILES string of the molecule is CC(C(=O)N(C)Cc1c(F)cccc1Cl)N1CCCc2c(N)cccc21.Cl. The summed E-state index contributed by atoms with van der Waals surface area (Å²) in [4.78, 5) is 16.6. The van der Waals surface area contributed by atoms with E-state index in [2.05, 4.69) is 4.90 Å². The number of nitrogen functional groups attached to an aromatic ring is 1. The summed E-state index contributed by atoms with van der Waals surface area (Å²) in [5, 5.41) is 0.327. The van der Waals surface area contributed by atoms with E-state index in [-0.39, 0.29) is 30.9 Å². The second kappa shape index (κ2) is 8.81. The number of likely N-dealkylation sites (N-methyl/N-ethyl adjacent to an activating group) is 1. The smallest absolute Gasteiger partial charge is 0.245 e. The Morgan fingerprint density at radius 1 is 1.33 bits per heavy atom. The molecule has 0 fully saturated rings. The van der Waals surface area contributed by atoms with Gasteiger partial charge in [0.1, 0.15) is 11.9 Å². The summed E-state index contributed by atoms with van der Waals surface area (Å²) in [6.45, 7) is 2.80. The van der Waals surface area contributed by atoms with Gasteiger partial charge in [0.25, 0.3) is 0 Å². The number of carbonyl (C=O) groups excluding carboxylic acids is 1. The first-order chi connectivity index (χ1) is 12.4. The molecule has 146 valence electrons. The topological polar surface area (TPSA) is 49.6 Å². The van der Waals surface area contributed by atoms with E-state index in [0.717, 1.165) is 36.3 Å². The fourth-order valence-electron chi connectivity index (χ4n) is 3.53. The van der Waals surface area contributed by atoms with Crippen LogP contribution in [0, 0.1) is 5.82 Å². The number of nitrogens with two attached hydrogens (primary N) is 1. The average Bonchev–Trinajstić information content (AvgIpc) is 2.63. The fraction of sp³-hybridized carbons (Fsp3) is 0.350. The normalized spacial score (nSPS) is 14.1. The molecule has 7 heteroatoms. The molecule has 0 saturated heterocycles. The summed E-state index contributed by atoms with van der Waals surface area (Å²) >= 11 is 6.09. The van der Waals surface area contributed by atoms with E-state index in [1.165, 1.54) is 11.0 Å². The molecule has 0 saturated carbocycles. The van der Waals surface area contributed by atoms with Crippen molar-refractivity contribution in [2.75, 3.05) is 24.2 Å². The van der Waals surface area contributed by atoms with Crippen molar-refractivity contribution >= 4 is 41.3 Å². The third kappa shape index (κ3) is 4.30. The number of benzene rings is 2. The lowest BCUT2D eigenvalue weighted by Gasteiger charge is -2.37. The van der Waals surface area contributed by atoms with Gasteiger partial charge >= 0.3 is 0 Å². The molecule has 0 aliphatic carbocycles. The number of anilines is 2. The summed E-state index contributed by atoms with van der Waals surface area (Å²) < 4.78 is 14.0. The summed E-state index contributed by atoms with van der Waals surface area (Å²) in [6, 6.07) is 9.97. The molecule has 0 radical (unpaired) electrons. The first kappa shape index (κ1) is 21.3. The zero-order valence-electron chi connectivity index (χ0n) is 15.4. The van der Waals surface area contributed by atoms with E-state index >= 15 is 0 Å². The molecule has 1 unspecified atom stereocenters. The van der Waals surface area contributed by atoms with Crippen molar-refractivity contribution in [1.29, 1.82) is 0 Å². The van der Waals surface area contributed by atoms with Crippen LogP contribution in [0.25, 0.3) is 0 Å². The van der Waals surface area contributed by atoms with Gasteiger partial charge in [-0.1, -0.05) is 23.7 Å². The number of amides is 1. The molecule has 0 spiro atoms. The van der Waals surface area contributed by atoms with Crippen molar-refractivity contribution in [3.63, 3.8) is 0 Å². The molecule has 1 aliphatic heterocycles. The Morgan fingerprint density at radius 2 is 2.04 bits per heavy atom. The minimum Gasteiger partial charge on any atom is -0.398 e. The van der Waals surface area contributed by atoms with Crippen LogP contribution in [-0.4, -0.2) is 30.4 Å². The van der Waals surface area contributed by atoms with Gasteiger partial charge in [-0.05, 0) is 49.6 Å². The molecule has 0 aromatic heterocycles. The third-order valence-electron chi connectivity index (χ3n) is 4.98. The van der Waals surface area contributed by atoms with Crippen molar-refractivity contribution < 1.29 is 9.18 Å². The molecule has 0 bridgehead atoms. The highest BCUT2D eigenvalue weighted by Crippen LogP contribution is 2.33. The largest absolute Gasteiger partial charge is 0.398 e. The van der Waals surface area contributed by atoms with Gasteiger partial charge in [-0.2, -0.15) is 0 Å². The summed E-state index contributed by atoms with van der Waals surface area (Å²) in [6.07, 6.45) is 1.86. The standard InChI is InChI=1S/C20H23ClFN3O.ClH/c1-13(25-11-5-6-14-18(23)9-4-10-19(14)25)20(26)24(2)12-15-16(21)7-3-8-17(15)22;/h3-4,7-10,13H,5-6,11-12,23H2,1-2H3;1H. The second-order valence-corrected chi connectivity index (χ2v) is 7.12. The third-order valence-corrected chi connectivity index (χ3v) is 5.33. The number of hydrogen-bond donors (Lipinski definition) is 1. The van der Waals surface area contributed by atoms with Gasteiger partial charge in [-0.25, -0.2) is 4.39 Å². The number of rotatable bonds is 4. The van der Waals surface area contributed by atoms with Crippen LogP contribution in [0.1, 0.15) is 24.5 Å². The lowest BCUT2D eigenvalue weighted by molar-refractivity contribution is -0.131. The lowest BCUT2D eigenvalue weighted by Crippen LogP contribution is -2.47. The Balaban J connectivity index is 0.00000261. The maximum atomic E-state index is 14.0. The van der Waals surface area contributed by atoms with E-state index in [1.807, 2.05) is 25.1 Å². The minimum atomic E-state index is -0.402. The maximum Gasteiger partial charge on any atom is 0.245 e. The molecule has 2 aromatic carbocycles. The van der Waals surface area contributed by atoms with Crippen LogP contribution in [0.2, 0.25) is 5.02 Å². The number of halogens is 3. The molecule has 1 atom stereocenters. The Kier molecular flexibility index (Phi) is 6.95. The summed E-state index contributed by atoms with van der Waals surface area (Å²) in [5.74, 6) is -0.486. The molecule has 2 N–H and O–H groups in total. The average molecular weight is 412 g/mol. The van der Waals surface area contributed by atoms with Crippen LogP contribution in [0.5, 0.6) is 0 Å². The molecule has 2 aromatic rings. The number of hydrogen-bond acceptors (Lipinski definition) is 3. The zero-order chi connectivity index (χ0) is 18.8. The zero-order valence-corrected chi connectivity index (χ0v) is 17.0. The highest BCUT2D eigenvalue weighted by Gasteiger charge is 2.29. The van der Waals surface area contributed by atoms with Crippen molar-refractivity contribution in [3.05, 3.63) is 58.4 Å². The Labute approximate surface area is 170 Å². The predicted octanol–water partition coefficient (Wildman–Crippen LogP) is 4.28. The van der Waals surface area contributed by atoms with Crippen LogP contribution in [0.4, 0.5) is 15.8 Å². The molecule has 1 amide bonds. The summed E-state index contributed by atoms with van der Waals surface area (Å²) in [7, 11) is 1.67. The van der Waals surface area contributed by atoms with E-state index < -0.39 is 5.82 Å². The van der Waals surface area contributed by atoms with Crippen molar-refractivity contribution in [2.45, 2.75) is 32.4 Å². The Morgan fingerprint density at radius 3 is 2.74 bits per heavy atom. The van der Waals surface area contributed by atoms with Crippen molar-refractivity contribution in [2.24, 2.45) is 0 Å². The van der Waals surface area contributed by atoms with Crippen LogP contribution >= 0.6 is 24.0 Å². The number of nitrogens with zero attached hydrogens (tertiary/aromatic N) is 2. The van der Waals surface area contributed by atoms with Gasteiger partial charge < -0.3 is 15.5 Å². The van der Waals surface area contributed by atoms with Gasteiger partial charge in [0.05, 0.1) is 0 Å². The first-order valence-corrected chi connectivity index (χ1v) is 9.09. The van der Waals surface area contributed by atoms with Crippen molar-refractivity contribution in [3.8, 4) is 0 Å². The Bertz CT molecular complexity index is 811. The van der Waals surface area contributed by atoms with Gasteiger partial charge in [0, 0.05) is 42.1 Å². The lowest BCUT2D eigenvalue weighted by atomic mass is 9.98. The van der Waals surface area contributed by atoms with Crippen molar-refractivity contribution in [1.82, 2.24) is 4.90 Å². The van der Waals surface area contributed by atoms with Gasteiger partial charge in [-0.15, -0.1) is 12.4 Å². The van der Waals surface area contributed by atoms with Crippen LogP contribution in [-0.2, 0) is 17.8 Å². The maximum absolute atomic E-state index is 14.0. The molecule has 1 heterocycles. The van der Waals surface area contributed by atoms with Crippen LogP contribution in [0.3, 0.4) is 0 Å². The van der Waals surface area contributed by atoms with E-state index in [9.17, 15) is 9.18 Å². The fourth-order valence-corrected chi connectivity index (χ4v) is 3.76. The number of fused-ring (bicyclic) bond motifs is 1. The highest BCUT2D eigenvalue weighted by atomic mass is 35.5. The van der Waals surface area contributed by atoms with Crippen LogP contribution < -0.4 is 10.6 Å². The monoisotopic (exact) mass is 411 g/mol. The molecule has 1 aliphatic rings. The van der Waals surface area contributed by atoms with E-state index in [0.29, 0.717) is 10.6 Å². The van der Waals surface area contributed by atoms with Gasteiger partial charge in [0.15, 0.2) is 0 Å². The highest BCUT2D eigenvalue weighted by molar-refractivity contribution is 6.31. The summed E-state index contributed by atoms with van der Waals surface area (Å²) in [5.41, 5.74) is 9.30. The van der Waals surface area contributed by atoms with E-state index in [4.69, 9.17) is 17.3 Å². The molecular weight excluding hydrogens is 388 g/mol. The molecule has 3 rings (SSSR count). The van der Waals surface area contributed by atoms with E-state index in [1.54, 1.807) is 19.2 Å². The second-order valence-electron chi connectivity index (χ2n) is 6.71. The first-order valence-electron chi connectivity index (χ1n) is 8.72.